The smallest absolute Gasteiger partial charge is 0.306 e. The summed E-state index contributed by atoms with van der Waals surface area (Å²) >= 11 is 8.01. The summed E-state index contributed by atoms with van der Waals surface area (Å²) in [5.74, 6) is 0.947. The number of unbranched alkanes of at least 4 members (excludes halogenated alkanes) is 26. The standard InChI is InChI=1S/2C18H36O2S.2C4H10.Sn/c2*1-2-3-4-5-6-7-8-9-10-11-12-13-14-16-20-18(19)15-17-21;2*1-3-4-2;/h2*21H,2-17H2,1H3;2*3-4H2,1-2H3;. The summed E-state index contributed by atoms with van der Waals surface area (Å²) in [4.78, 5) is 22.2. The summed E-state index contributed by atoms with van der Waals surface area (Å²) in [7, 11) is 0. The van der Waals surface area contributed by atoms with Gasteiger partial charge in [-0.3, -0.25) is 9.59 Å². The molecule has 0 heterocycles. The summed E-state index contributed by atoms with van der Waals surface area (Å²) in [5, 5.41) is 0. The summed E-state index contributed by atoms with van der Waals surface area (Å²) in [5.41, 5.74) is 0. The van der Waals surface area contributed by atoms with Crippen molar-refractivity contribution in [2.75, 3.05) is 24.7 Å². The Balaban J connectivity index is -0.000000224. The van der Waals surface area contributed by atoms with E-state index in [0.29, 0.717) is 37.6 Å². The summed E-state index contributed by atoms with van der Waals surface area (Å²) in [6.45, 7) is 14.4. The minimum absolute atomic E-state index is 0. The fraction of sp³-hybridized carbons (Fsp3) is 0.955. The molecule has 0 aromatic rings. The molecule has 0 atom stereocenters. The molecule has 4 radical (unpaired) electrons. The fourth-order valence-corrected chi connectivity index (χ4v) is 5.30. The van der Waals surface area contributed by atoms with Gasteiger partial charge in [-0.1, -0.05) is 221 Å². The van der Waals surface area contributed by atoms with Gasteiger partial charge < -0.3 is 9.47 Å². The molecule has 0 saturated heterocycles. The van der Waals surface area contributed by atoms with E-state index in [1.807, 2.05) is 0 Å². The van der Waals surface area contributed by atoms with Crippen molar-refractivity contribution in [1.29, 1.82) is 0 Å². The molecule has 0 aromatic heterocycles. The minimum atomic E-state index is -0.107. The first-order chi connectivity index (χ1) is 24.4. The molecule has 0 bridgehead atoms. The number of thiol groups is 2. The Kier molecular flexibility index (Phi) is 74.3. The first kappa shape index (κ1) is 60.7. The molecule has 0 amide bonds. The van der Waals surface area contributed by atoms with E-state index in [0.717, 1.165) is 12.8 Å². The van der Waals surface area contributed by atoms with E-state index in [1.165, 1.54) is 180 Å². The Morgan fingerprint density at radius 2 is 0.529 bits per heavy atom. The molecule has 308 valence electrons. The van der Waals surface area contributed by atoms with Gasteiger partial charge in [-0.05, 0) is 12.8 Å². The number of carbonyl (C=O) groups excluding carboxylic acids is 2. The van der Waals surface area contributed by atoms with E-state index in [1.54, 1.807) is 0 Å². The van der Waals surface area contributed by atoms with Crippen LogP contribution in [0, 0.1) is 0 Å². The molecule has 0 saturated carbocycles. The van der Waals surface area contributed by atoms with Crippen LogP contribution < -0.4 is 0 Å². The van der Waals surface area contributed by atoms with Crippen LogP contribution in [0.4, 0.5) is 0 Å². The molecule has 4 nitrogen and oxygen atoms in total. The Bertz CT molecular complexity index is 541. The third-order valence-corrected chi connectivity index (χ3v) is 9.10. The predicted octanol–water partition coefficient (Wildman–Crippen LogP) is 15.1. The largest absolute Gasteiger partial charge is 0.466 e. The van der Waals surface area contributed by atoms with Gasteiger partial charge in [0.1, 0.15) is 0 Å². The monoisotopic (exact) mass is 869 g/mol. The van der Waals surface area contributed by atoms with Crippen LogP contribution >= 0.6 is 25.3 Å². The van der Waals surface area contributed by atoms with Crippen molar-refractivity contribution in [3.63, 3.8) is 0 Å². The zero-order chi connectivity index (χ0) is 38.0. The number of carbonyl (C=O) groups is 2. The van der Waals surface area contributed by atoms with E-state index in [2.05, 4.69) is 66.8 Å². The number of ether oxygens (including phenoxy) is 2. The third kappa shape index (κ3) is 72.4. The predicted molar refractivity (Wildman–Crippen MR) is 237 cm³/mol. The van der Waals surface area contributed by atoms with Crippen molar-refractivity contribution in [2.24, 2.45) is 0 Å². The van der Waals surface area contributed by atoms with E-state index in [4.69, 9.17) is 9.47 Å². The Hall–Kier alpha value is 0.439. The molecule has 0 aliphatic heterocycles. The first-order valence-electron chi connectivity index (χ1n) is 22.0. The van der Waals surface area contributed by atoms with Crippen molar-refractivity contribution < 1.29 is 19.1 Å². The van der Waals surface area contributed by atoms with Crippen molar-refractivity contribution in [3.8, 4) is 0 Å². The molecule has 0 aromatic carbocycles. The second-order valence-corrected chi connectivity index (χ2v) is 14.8. The maximum Gasteiger partial charge on any atom is 0.306 e. The molecular formula is C44H92O4S2Sn. The zero-order valence-corrected chi connectivity index (χ0v) is 40.1. The Labute approximate surface area is 349 Å². The number of esters is 2. The zero-order valence-electron chi connectivity index (χ0n) is 35.5. The summed E-state index contributed by atoms with van der Waals surface area (Å²) < 4.78 is 10.2. The maximum atomic E-state index is 11.1. The fourth-order valence-electron chi connectivity index (χ4n) is 4.94. The van der Waals surface area contributed by atoms with Crippen LogP contribution in [0.5, 0.6) is 0 Å². The average Bonchev–Trinajstić information content (AvgIpc) is 3.12. The van der Waals surface area contributed by atoms with Crippen LogP contribution in [0.25, 0.3) is 0 Å². The number of hydrogen-bond acceptors (Lipinski definition) is 6. The van der Waals surface area contributed by atoms with Gasteiger partial charge in [-0.25, -0.2) is 0 Å². The Morgan fingerprint density at radius 1 is 0.333 bits per heavy atom. The molecular weight excluding hydrogens is 775 g/mol. The van der Waals surface area contributed by atoms with E-state index in [9.17, 15) is 9.59 Å². The average molecular weight is 868 g/mol. The number of hydrogen-bond donors (Lipinski definition) is 2. The normalized spacial score (nSPS) is 10.0. The summed E-state index contributed by atoms with van der Waals surface area (Å²) in [6, 6.07) is 0. The van der Waals surface area contributed by atoms with Crippen LogP contribution in [-0.4, -0.2) is 60.6 Å². The SMILES string of the molecule is CCCC.CCCC.CCCCCCCCCCCCCCCOC(=O)CCS.CCCCCCCCCCCCCCCOC(=O)CCS.[Sn]. The summed E-state index contributed by atoms with van der Waals surface area (Å²) in [6.07, 6.45) is 41.0. The molecule has 0 N–H and O–H groups in total. The molecule has 7 heteroatoms. The molecule has 0 unspecified atom stereocenters. The van der Waals surface area contributed by atoms with Gasteiger partial charge in [0, 0.05) is 35.4 Å². The van der Waals surface area contributed by atoms with Gasteiger partial charge in [0.2, 0.25) is 0 Å². The quantitative estimate of drug-likeness (QED) is 0.0293. The van der Waals surface area contributed by atoms with Gasteiger partial charge in [-0.2, -0.15) is 25.3 Å². The van der Waals surface area contributed by atoms with Crippen LogP contribution in [0.3, 0.4) is 0 Å². The molecule has 0 spiro atoms. The third-order valence-electron chi connectivity index (χ3n) is 8.65. The van der Waals surface area contributed by atoms with Crippen LogP contribution in [-0.2, 0) is 19.1 Å². The van der Waals surface area contributed by atoms with Crippen molar-refractivity contribution in [3.05, 3.63) is 0 Å². The molecule has 0 rings (SSSR count). The van der Waals surface area contributed by atoms with Crippen LogP contribution in [0.2, 0.25) is 0 Å². The van der Waals surface area contributed by atoms with E-state index >= 15 is 0 Å². The second-order valence-electron chi connectivity index (χ2n) is 13.9. The Morgan fingerprint density at radius 3 is 0.706 bits per heavy atom. The van der Waals surface area contributed by atoms with Gasteiger partial charge in [0.05, 0.1) is 26.1 Å². The van der Waals surface area contributed by atoms with Crippen molar-refractivity contribution >= 4 is 61.1 Å². The van der Waals surface area contributed by atoms with E-state index in [-0.39, 0.29) is 35.8 Å². The van der Waals surface area contributed by atoms with Gasteiger partial charge in [0.25, 0.3) is 0 Å². The maximum absolute atomic E-state index is 11.1. The van der Waals surface area contributed by atoms with Crippen molar-refractivity contribution in [1.82, 2.24) is 0 Å². The molecule has 0 fully saturated rings. The topological polar surface area (TPSA) is 52.6 Å². The minimum Gasteiger partial charge on any atom is -0.466 e. The van der Waals surface area contributed by atoms with Crippen molar-refractivity contribution in [2.45, 2.75) is 247 Å². The molecule has 0 aliphatic rings. The van der Waals surface area contributed by atoms with E-state index < -0.39 is 0 Å². The van der Waals surface area contributed by atoms with Crippen LogP contribution in [0.15, 0.2) is 0 Å². The van der Waals surface area contributed by atoms with Gasteiger partial charge in [-0.15, -0.1) is 0 Å². The first-order valence-corrected chi connectivity index (χ1v) is 23.2. The second kappa shape index (κ2) is 62.4. The van der Waals surface area contributed by atoms with Crippen LogP contribution in [0.1, 0.15) is 247 Å². The van der Waals surface area contributed by atoms with Gasteiger partial charge in [0.15, 0.2) is 0 Å². The van der Waals surface area contributed by atoms with Gasteiger partial charge >= 0.3 is 11.9 Å². The molecule has 0 aliphatic carbocycles. The number of rotatable bonds is 34. The molecule has 51 heavy (non-hydrogen) atoms.